The Kier molecular flexibility index (Phi) is 7.32. The number of rotatable bonds is 7. The van der Waals surface area contributed by atoms with Crippen molar-refractivity contribution < 1.29 is 22.7 Å². The number of ether oxygens (including phenoxy) is 1. The first-order valence-electron chi connectivity index (χ1n) is 11.0. The Morgan fingerprint density at radius 1 is 1.06 bits per heavy atom. The van der Waals surface area contributed by atoms with Gasteiger partial charge in [-0.15, -0.1) is 0 Å². The second-order valence-corrected chi connectivity index (χ2v) is 8.06. The summed E-state index contributed by atoms with van der Waals surface area (Å²) in [4.78, 5) is 15.4. The summed E-state index contributed by atoms with van der Waals surface area (Å²) < 4.78 is 44.5. The third-order valence-corrected chi connectivity index (χ3v) is 5.71. The topological polar surface area (TPSA) is 56.8 Å². The van der Waals surface area contributed by atoms with Gasteiger partial charge in [0.1, 0.15) is 5.70 Å². The molecule has 1 saturated heterocycles. The minimum Gasteiger partial charge on any atom is -0.379 e. The van der Waals surface area contributed by atoms with E-state index in [9.17, 15) is 18.0 Å². The van der Waals surface area contributed by atoms with Gasteiger partial charge in [0, 0.05) is 31.9 Å². The molecule has 2 aromatic carbocycles. The Morgan fingerprint density at radius 3 is 2.55 bits per heavy atom. The van der Waals surface area contributed by atoms with Gasteiger partial charge >= 0.3 is 6.18 Å². The lowest BCUT2D eigenvalue weighted by molar-refractivity contribution is -0.137. The Labute approximate surface area is 191 Å². The molecule has 2 heterocycles. The summed E-state index contributed by atoms with van der Waals surface area (Å²) in [6.07, 6.45) is -1.84. The highest BCUT2D eigenvalue weighted by molar-refractivity contribution is 6.03. The number of hydrazine groups is 1. The maximum atomic E-state index is 13.1. The summed E-state index contributed by atoms with van der Waals surface area (Å²) in [5.41, 5.74) is 4.05. The fourth-order valence-corrected chi connectivity index (χ4v) is 3.98. The molecule has 0 aliphatic carbocycles. The molecule has 6 nitrogen and oxygen atoms in total. The molecule has 0 spiro atoms. The zero-order chi connectivity index (χ0) is 23.3. The van der Waals surface area contributed by atoms with Gasteiger partial charge in [-0.1, -0.05) is 36.4 Å². The van der Waals surface area contributed by atoms with E-state index in [1.54, 1.807) is 5.01 Å². The average Bonchev–Trinajstić information content (AvgIpc) is 3.24. The van der Waals surface area contributed by atoms with E-state index < -0.39 is 17.6 Å². The van der Waals surface area contributed by atoms with Crippen LogP contribution < -0.4 is 10.7 Å². The summed E-state index contributed by atoms with van der Waals surface area (Å²) in [6, 6.07) is 14.2. The molecule has 2 N–H and O–H groups in total. The normalized spacial score (nSPS) is 19.4. The molecule has 4 rings (SSSR count). The zero-order valence-electron chi connectivity index (χ0n) is 18.1. The molecule has 2 aliphatic heterocycles. The molecule has 1 atom stereocenters. The molecule has 0 radical (unpaired) electrons. The number of carbonyl (C=O) groups is 1. The van der Waals surface area contributed by atoms with Crippen LogP contribution in [0, 0.1) is 0 Å². The maximum Gasteiger partial charge on any atom is 0.416 e. The second-order valence-electron chi connectivity index (χ2n) is 8.06. The number of halogens is 3. The minimum atomic E-state index is -4.47. The number of anilines is 1. The van der Waals surface area contributed by atoms with Gasteiger partial charge < -0.3 is 15.1 Å². The Balaban J connectivity index is 1.46. The van der Waals surface area contributed by atoms with Gasteiger partial charge in [-0.05, 0) is 36.3 Å². The highest BCUT2D eigenvalue weighted by Crippen LogP contribution is 2.31. The lowest BCUT2D eigenvalue weighted by atomic mass is 10.1. The molecule has 9 heteroatoms. The summed E-state index contributed by atoms with van der Waals surface area (Å²) in [7, 11) is 0. The monoisotopic (exact) mass is 460 g/mol. The van der Waals surface area contributed by atoms with Gasteiger partial charge in [-0.25, -0.2) is 5.43 Å². The van der Waals surface area contributed by atoms with Crippen molar-refractivity contribution in [3.8, 4) is 0 Å². The summed E-state index contributed by atoms with van der Waals surface area (Å²) in [5, 5.41) is 4.42. The number of hydrogen-bond donors (Lipinski definition) is 2. The largest absolute Gasteiger partial charge is 0.416 e. The van der Waals surface area contributed by atoms with Crippen molar-refractivity contribution in [1.82, 2.24) is 15.3 Å². The first-order chi connectivity index (χ1) is 15.9. The van der Waals surface area contributed by atoms with Crippen molar-refractivity contribution in [3.05, 3.63) is 77.5 Å². The summed E-state index contributed by atoms with van der Waals surface area (Å²) in [6.45, 7) is 4.69. The average molecular weight is 461 g/mol. The molecule has 0 saturated carbocycles. The summed E-state index contributed by atoms with van der Waals surface area (Å²) >= 11 is 0. The molecule has 33 heavy (non-hydrogen) atoms. The van der Waals surface area contributed by atoms with Gasteiger partial charge in [0.2, 0.25) is 0 Å². The van der Waals surface area contributed by atoms with Crippen LogP contribution in [-0.4, -0.2) is 55.2 Å². The van der Waals surface area contributed by atoms with Gasteiger partial charge in [-0.3, -0.25) is 9.69 Å². The Bertz CT molecular complexity index is 975. The highest BCUT2D eigenvalue weighted by Gasteiger charge is 2.31. The SMILES string of the molecule is O=C(Nc1cccc(C(F)(F)F)c1)C1=CC(c2ccccc2)NN1CCCN1CCOCC1. The fraction of sp³-hybridized carbons (Fsp3) is 0.375. The molecular formula is C24H27F3N4O2. The standard InChI is InChI=1S/C24H27F3N4O2/c25-24(26,27)19-8-4-9-20(16-19)28-23(32)22-17-21(18-6-2-1-3-7-18)29-31(22)11-5-10-30-12-14-33-15-13-30/h1-4,6-9,16-17,21,29H,5,10-15H2,(H,28,32). The maximum absolute atomic E-state index is 13.1. The van der Waals surface area contributed by atoms with Crippen LogP contribution in [0.25, 0.3) is 0 Å². The van der Waals surface area contributed by atoms with Crippen molar-refractivity contribution in [2.24, 2.45) is 0 Å². The number of amides is 1. The molecule has 1 fully saturated rings. The highest BCUT2D eigenvalue weighted by atomic mass is 19.4. The van der Waals surface area contributed by atoms with Gasteiger partial charge in [0.15, 0.2) is 0 Å². The molecule has 2 aliphatic rings. The number of nitrogens with one attached hydrogen (secondary N) is 2. The lowest BCUT2D eigenvalue weighted by Gasteiger charge is -2.28. The first-order valence-corrected chi connectivity index (χ1v) is 11.0. The number of alkyl halides is 3. The molecule has 1 unspecified atom stereocenters. The van der Waals surface area contributed by atoms with E-state index in [0.29, 0.717) is 12.2 Å². The molecule has 1 amide bonds. The van der Waals surface area contributed by atoms with E-state index in [-0.39, 0.29) is 11.7 Å². The van der Waals surface area contributed by atoms with Crippen LogP contribution in [0.1, 0.15) is 23.6 Å². The second kappa shape index (κ2) is 10.4. The van der Waals surface area contributed by atoms with Gasteiger partial charge in [0.05, 0.1) is 24.8 Å². The molecule has 176 valence electrons. The van der Waals surface area contributed by atoms with E-state index in [1.807, 2.05) is 36.4 Å². The van der Waals surface area contributed by atoms with E-state index in [0.717, 1.165) is 57.0 Å². The lowest BCUT2D eigenvalue weighted by Crippen LogP contribution is -2.41. The van der Waals surface area contributed by atoms with E-state index in [4.69, 9.17) is 4.74 Å². The van der Waals surface area contributed by atoms with Crippen molar-refractivity contribution >= 4 is 11.6 Å². The molecular weight excluding hydrogens is 433 g/mol. The Morgan fingerprint density at radius 2 is 1.82 bits per heavy atom. The minimum absolute atomic E-state index is 0.104. The first kappa shape index (κ1) is 23.3. The molecule has 2 aromatic rings. The predicted molar refractivity (Wildman–Crippen MR) is 119 cm³/mol. The molecule has 0 aromatic heterocycles. The molecule has 0 bridgehead atoms. The number of benzene rings is 2. The quantitative estimate of drug-likeness (QED) is 0.658. The zero-order valence-corrected chi connectivity index (χ0v) is 18.1. The van der Waals surface area contributed by atoms with Crippen LogP contribution in [0.5, 0.6) is 0 Å². The predicted octanol–water partition coefficient (Wildman–Crippen LogP) is 3.81. The van der Waals surface area contributed by atoms with Crippen LogP contribution >= 0.6 is 0 Å². The fourth-order valence-electron chi connectivity index (χ4n) is 3.98. The van der Waals surface area contributed by atoms with Crippen LogP contribution in [-0.2, 0) is 15.7 Å². The van der Waals surface area contributed by atoms with Crippen molar-refractivity contribution in [3.63, 3.8) is 0 Å². The van der Waals surface area contributed by atoms with E-state index in [1.165, 1.54) is 12.1 Å². The van der Waals surface area contributed by atoms with Crippen molar-refractivity contribution in [2.45, 2.75) is 18.6 Å². The van der Waals surface area contributed by atoms with Crippen LogP contribution in [0.15, 0.2) is 66.4 Å². The number of morpholine rings is 1. The van der Waals surface area contributed by atoms with E-state index >= 15 is 0 Å². The van der Waals surface area contributed by atoms with E-state index in [2.05, 4.69) is 15.6 Å². The van der Waals surface area contributed by atoms with Crippen LogP contribution in [0.2, 0.25) is 0 Å². The van der Waals surface area contributed by atoms with Gasteiger partial charge in [0.25, 0.3) is 5.91 Å². The smallest absolute Gasteiger partial charge is 0.379 e. The van der Waals surface area contributed by atoms with Crippen molar-refractivity contribution in [2.75, 3.05) is 44.7 Å². The third kappa shape index (κ3) is 6.13. The van der Waals surface area contributed by atoms with Crippen molar-refractivity contribution in [1.29, 1.82) is 0 Å². The number of carbonyl (C=O) groups excluding carboxylic acids is 1. The van der Waals surface area contributed by atoms with Gasteiger partial charge in [-0.2, -0.15) is 13.2 Å². The Hall–Kier alpha value is -2.88. The number of nitrogens with zero attached hydrogens (tertiary/aromatic N) is 2. The third-order valence-electron chi connectivity index (χ3n) is 5.71. The summed E-state index contributed by atoms with van der Waals surface area (Å²) in [5.74, 6) is -0.452. The number of hydrogen-bond acceptors (Lipinski definition) is 5. The van der Waals surface area contributed by atoms with Crippen LogP contribution in [0.4, 0.5) is 18.9 Å². The van der Waals surface area contributed by atoms with Crippen LogP contribution in [0.3, 0.4) is 0 Å².